The molecule has 1 heterocycles. The fraction of sp³-hybridized carbons (Fsp3) is 0.615. The van der Waals surface area contributed by atoms with Gasteiger partial charge in [0.15, 0.2) is 0 Å². The van der Waals surface area contributed by atoms with Crippen LogP contribution in [-0.4, -0.2) is 28.3 Å². The first kappa shape index (κ1) is 13.1. The Morgan fingerprint density at radius 1 is 1.38 bits per heavy atom. The Morgan fingerprint density at radius 2 is 2.00 bits per heavy atom. The molecule has 0 aliphatic rings. The number of aliphatic hydroxyl groups excluding tert-OH is 1. The maximum atomic E-state index is 8.96. The van der Waals surface area contributed by atoms with Crippen molar-refractivity contribution in [1.82, 2.24) is 10.3 Å². The highest BCUT2D eigenvalue weighted by molar-refractivity contribution is 5.11. The van der Waals surface area contributed by atoms with Gasteiger partial charge in [-0.05, 0) is 51.3 Å². The van der Waals surface area contributed by atoms with Crippen LogP contribution >= 0.6 is 0 Å². The predicted octanol–water partition coefficient (Wildman–Crippen LogP) is 1.76. The third-order valence-electron chi connectivity index (χ3n) is 2.67. The monoisotopic (exact) mass is 222 g/mol. The quantitative estimate of drug-likeness (QED) is 0.771. The van der Waals surface area contributed by atoms with Crippen LogP contribution < -0.4 is 5.32 Å². The van der Waals surface area contributed by atoms with Crippen molar-refractivity contribution in [2.75, 3.05) is 6.61 Å². The molecular weight excluding hydrogens is 200 g/mol. The summed E-state index contributed by atoms with van der Waals surface area (Å²) >= 11 is 0. The van der Waals surface area contributed by atoms with Crippen molar-refractivity contribution in [3.8, 4) is 0 Å². The van der Waals surface area contributed by atoms with Crippen molar-refractivity contribution in [1.29, 1.82) is 0 Å². The molecule has 3 heteroatoms. The minimum absolute atomic E-state index is 0.0127. The van der Waals surface area contributed by atoms with Gasteiger partial charge in [-0.1, -0.05) is 0 Å². The molecule has 0 aliphatic heterocycles. The molecule has 1 atom stereocenters. The second kappa shape index (κ2) is 5.97. The Hall–Kier alpha value is -0.930. The van der Waals surface area contributed by atoms with Crippen LogP contribution in [0.1, 0.15) is 32.8 Å². The molecule has 0 saturated carbocycles. The van der Waals surface area contributed by atoms with E-state index in [-0.39, 0.29) is 12.1 Å². The lowest BCUT2D eigenvalue weighted by atomic mass is 9.98. The molecule has 0 amide bonds. The van der Waals surface area contributed by atoms with Crippen LogP contribution in [0.25, 0.3) is 0 Å². The summed E-state index contributed by atoms with van der Waals surface area (Å²) in [6, 6.07) is 4.47. The van der Waals surface area contributed by atoms with Gasteiger partial charge in [0, 0.05) is 30.6 Å². The summed E-state index contributed by atoms with van der Waals surface area (Å²) < 4.78 is 0. The van der Waals surface area contributed by atoms with E-state index in [2.05, 4.69) is 31.1 Å². The number of hydrogen-bond acceptors (Lipinski definition) is 3. The van der Waals surface area contributed by atoms with Gasteiger partial charge in [0.25, 0.3) is 0 Å². The van der Waals surface area contributed by atoms with Gasteiger partial charge in [-0.3, -0.25) is 4.98 Å². The van der Waals surface area contributed by atoms with Crippen LogP contribution in [0, 0.1) is 0 Å². The van der Waals surface area contributed by atoms with Gasteiger partial charge in [0.05, 0.1) is 0 Å². The highest BCUT2D eigenvalue weighted by Gasteiger charge is 2.19. The molecule has 90 valence electrons. The third kappa shape index (κ3) is 4.73. The van der Waals surface area contributed by atoms with Gasteiger partial charge in [0.2, 0.25) is 0 Å². The molecule has 0 radical (unpaired) electrons. The lowest BCUT2D eigenvalue weighted by Gasteiger charge is -2.29. The molecule has 1 aromatic heterocycles. The Labute approximate surface area is 97.9 Å². The van der Waals surface area contributed by atoms with E-state index in [9.17, 15) is 0 Å². The number of aromatic nitrogens is 1. The lowest BCUT2D eigenvalue weighted by Crippen LogP contribution is -2.46. The summed E-state index contributed by atoms with van der Waals surface area (Å²) in [5.74, 6) is 0. The van der Waals surface area contributed by atoms with E-state index in [1.807, 2.05) is 24.5 Å². The maximum absolute atomic E-state index is 8.96. The van der Waals surface area contributed by atoms with Crippen LogP contribution in [0.5, 0.6) is 0 Å². The SMILES string of the molecule is CC(Cc1ccncc1)NC(C)(C)CCO. The minimum atomic E-state index is -0.0127. The summed E-state index contributed by atoms with van der Waals surface area (Å²) in [7, 11) is 0. The summed E-state index contributed by atoms with van der Waals surface area (Å²) in [6.07, 6.45) is 5.40. The molecule has 2 N–H and O–H groups in total. The number of aliphatic hydroxyl groups is 1. The van der Waals surface area contributed by atoms with Gasteiger partial charge in [-0.15, -0.1) is 0 Å². The molecule has 3 nitrogen and oxygen atoms in total. The summed E-state index contributed by atoms with van der Waals surface area (Å²) in [5.41, 5.74) is 1.27. The van der Waals surface area contributed by atoms with Crippen molar-refractivity contribution in [2.24, 2.45) is 0 Å². The Balaban J connectivity index is 2.44. The van der Waals surface area contributed by atoms with Crippen molar-refractivity contribution < 1.29 is 5.11 Å². The van der Waals surface area contributed by atoms with Gasteiger partial charge < -0.3 is 10.4 Å². The fourth-order valence-electron chi connectivity index (χ4n) is 1.94. The Morgan fingerprint density at radius 3 is 2.56 bits per heavy atom. The molecule has 0 bridgehead atoms. The van der Waals surface area contributed by atoms with E-state index in [4.69, 9.17) is 5.11 Å². The van der Waals surface area contributed by atoms with E-state index in [1.165, 1.54) is 5.56 Å². The first-order valence-corrected chi connectivity index (χ1v) is 5.81. The zero-order valence-corrected chi connectivity index (χ0v) is 10.4. The Bertz CT molecular complexity index is 298. The largest absolute Gasteiger partial charge is 0.396 e. The van der Waals surface area contributed by atoms with Crippen LogP contribution in [-0.2, 0) is 6.42 Å². The molecular formula is C13H22N2O. The predicted molar refractivity (Wildman–Crippen MR) is 66.3 cm³/mol. The van der Waals surface area contributed by atoms with Crippen LogP contribution in [0.15, 0.2) is 24.5 Å². The summed E-state index contributed by atoms with van der Waals surface area (Å²) in [4.78, 5) is 4.00. The topological polar surface area (TPSA) is 45.2 Å². The first-order chi connectivity index (χ1) is 7.53. The summed E-state index contributed by atoms with van der Waals surface area (Å²) in [5, 5.41) is 12.5. The summed E-state index contributed by atoms with van der Waals surface area (Å²) in [6.45, 7) is 6.63. The molecule has 0 aromatic carbocycles. The van der Waals surface area contributed by atoms with E-state index < -0.39 is 0 Å². The zero-order chi connectivity index (χ0) is 12.0. The van der Waals surface area contributed by atoms with Gasteiger partial charge >= 0.3 is 0 Å². The molecule has 16 heavy (non-hydrogen) atoms. The van der Waals surface area contributed by atoms with Crippen molar-refractivity contribution in [3.63, 3.8) is 0 Å². The minimum Gasteiger partial charge on any atom is -0.396 e. The van der Waals surface area contributed by atoms with Crippen molar-refractivity contribution in [2.45, 2.75) is 45.2 Å². The molecule has 0 saturated heterocycles. The van der Waals surface area contributed by atoms with E-state index in [0.717, 1.165) is 12.8 Å². The van der Waals surface area contributed by atoms with Crippen molar-refractivity contribution in [3.05, 3.63) is 30.1 Å². The normalized spacial score (nSPS) is 13.8. The van der Waals surface area contributed by atoms with Crippen LogP contribution in [0.4, 0.5) is 0 Å². The highest BCUT2D eigenvalue weighted by atomic mass is 16.3. The molecule has 1 unspecified atom stereocenters. The molecule has 0 spiro atoms. The molecule has 1 rings (SSSR count). The lowest BCUT2D eigenvalue weighted by molar-refractivity contribution is 0.221. The maximum Gasteiger partial charge on any atom is 0.0448 e. The number of nitrogens with zero attached hydrogens (tertiary/aromatic N) is 1. The fourth-order valence-corrected chi connectivity index (χ4v) is 1.94. The number of rotatable bonds is 6. The Kier molecular flexibility index (Phi) is 4.90. The van der Waals surface area contributed by atoms with Crippen molar-refractivity contribution >= 4 is 0 Å². The molecule has 0 aliphatic carbocycles. The first-order valence-electron chi connectivity index (χ1n) is 5.81. The average molecular weight is 222 g/mol. The number of pyridine rings is 1. The van der Waals surface area contributed by atoms with Gasteiger partial charge in [-0.2, -0.15) is 0 Å². The standard InChI is InChI=1S/C13H22N2O/c1-11(15-13(2,3)6-9-16)10-12-4-7-14-8-5-12/h4-5,7-8,11,15-16H,6,9-10H2,1-3H3. The molecule has 0 fully saturated rings. The van der Waals surface area contributed by atoms with Gasteiger partial charge in [0.1, 0.15) is 0 Å². The van der Waals surface area contributed by atoms with E-state index >= 15 is 0 Å². The van der Waals surface area contributed by atoms with Crippen LogP contribution in [0.3, 0.4) is 0 Å². The third-order valence-corrected chi connectivity index (χ3v) is 2.67. The number of nitrogens with one attached hydrogen (secondary N) is 1. The second-order valence-electron chi connectivity index (χ2n) is 4.96. The van der Waals surface area contributed by atoms with Crippen LogP contribution in [0.2, 0.25) is 0 Å². The van der Waals surface area contributed by atoms with E-state index in [1.54, 1.807) is 0 Å². The second-order valence-corrected chi connectivity index (χ2v) is 4.96. The average Bonchev–Trinajstić information content (AvgIpc) is 2.17. The smallest absolute Gasteiger partial charge is 0.0448 e. The molecule has 1 aromatic rings. The number of hydrogen-bond donors (Lipinski definition) is 2. The van der Waals surface area contributed by atoms with E-state index in [0.29, 0.717) is 6.04 Å². The van der Waals surface area contributed by atoms with Gasteiger partial charge in [-0.25, -0.2) is 0 Å². The zero-order valence-electron chi connectivity index (χ0n) is 10.4. The highest BCUT2D eigenvalue weighted by Crippen LogP contribution is 2.10.